The van der Waals surface area contributed by atoms with Crippen LogP contribution in [0.2, 0.25) is 18.1 Å². The van der Waals surface area contributed by atoms with Crippen molar-refractivity contribution in [3.63, 3.8) is 0 Å². The second-order valence-electron chi connectivity index (χ2n) is 14.8. The van der Waals surface area contributed by atoms with Crippen LogP contribution in [0.5, 0.6) is 5.75 Å². The number of amides is 1. The van der Waals surface area contributed by atoms with Crippen molar-refractivity contribution in [3.05, 3.63) is 40.2 Å². The van der Waals surface area contributed by atoms with Gasteiger partial charge in [0.05, 0.1) is 40.1 Å². The van der Waals surface area contributed by atoms with Crippen LogP contribution in [0, 0.1) is 17.7 Å². The molecule has 1 N–H and O–H groups in total. The maximum Gasteiger partial charge on any atom is 0.410 e. The Morgan fingerprint density at radius 2 is 1.88 bits per heavy atom. The van der Waals surface area contributed by atoms with Crippen molar-refractivity contribution in [2.24, 2.45) is 0 Å². The number of carbonyl (C=O) groups is 2. The van der Waals surface area contributed by atoms with Crippen molar-refractivity contribution < 1.29 is 37.4 Å². The van der Waals surface area contributed by atoms with Gasteiger partial charge in [0.1, 0.15) is 5.60 Å². The average Bonchev–Trinajstić information content (AvgIpc) is 3.45. The number of esters is 1. The fraction of sp³-hybridized carbons (Fsp3) is 0.639. The highest BCUT2D eigenvalue weighted by atomic mass is 32.1. The highest BCUT2D eigenvalue weighted by Gasteiger charge is 2.38. The zero-order chi connectivity index (χ0) is 37.1. The molecule has 1 atom stereocenters. The lowest BCUT2D eigenvalue weighted by Crippen LogP contribution is -2.51. The first kappa shape index (κ1) is 41.2. The summed E-state index contributed by atoms with van der Waals surface area (Å²) in [5.41, 5.74) is 0.130. The third-order valence-electron chi connectivity index (χ3n) is 8.56. The topological polar surface area (TPSA) is 112 Å². The third-order valence-corrected chi connectivity index (χ3v) is 14.1. The van der Waals surface area contributed by atoms with Crippen LogP contribution >= 0.6 is 11.3 Å². The van der Waals surface area contributed by atoms with Gasteiger partial charge in [-0.1, -0.05) is 32.6 Å². The van der Waals surface area contributed by atoms with E-state index in [9.17, 15) is 14.0 Å². The number of aromatic nitrogens is 1. The Labute approximate surface area is 302 Å². The van der Waals surface area contributed by atoms with Gasteiger partial charge in [-0.25, -0.2) is 19.0 Å². The van der Waals surface area contributed by atoms with E-state index in [0.29, 0.717) is 49.9 Å². The number of nitrogens with zero attached hydrogens (tertiary/aromatic N) is 3. The standard InChI is InChI=1S/C36H55FN4O7SSi/c1-35(2,3)48-34(43)40(7)17-11-13-26-15-16-29(28(37)23-26)46-20-12-14-30-31(32(42)44-8)39-33(49-30)38-24-27(41-18-21-45-22-19-41)25-47-50(9,10)36(4,5)6/h15-16,23,27H,12,14,17-22,24-25H2,1-10H3,(H,38,39). The molecule has 2 aromatic rings. The zero-order valence-corrected chi connectivity index (χ0v) is 33.2. The molecule has 0 saturated carbocycles. The lowest BCUT2D eigenvalue weighted by molar-refractivity contribution is 0.00788. The molecule has 0 radical (unpaired) electrons. The maximum absolute atomic E-state index is 14.8. The molecule has 14 heteroatoms. The molecule has 2 heterocycles. The van der Waals surface area contributed by atoms with Crippen LogP contribution in [0.15, 0.2) is 18.2 Å². The average molecular weight is 735 g/mol. The SMILES string of the molecule is COC(=O)c1nc(NCC(CO[Si](C)(C)C(C)(C)C)N2CCOCC2)sc1CCCOc1ccc(C#CCN(C)C(=O)OC(C)(C)C)cc1F. The van der Waals surface area contributed by atoms with E-state index in [1.165, 1.54) is 35.5 Å². The molecule has 0 spiro atoms. The van der Waals surface area contributed by atoms with Crippen LogP contribution in [-0.4, -0.2) is 114 Å². The number of halogens is 1. The van der Waals surface area contributed by atoms with E-state index < -0.39 is 31.8 Å². The number of carbonyl (C=O) groups excluding carboxylic acids is 2. The zero-order valence-electron chi connectivity index (χ0n) is 31.4. The summed E-state index contributed by atoms with van der Waals surface area (Å²) in [6.07, 6.45) is 0.549. The summed E-state index contributed by atoms with van der Waals surface area (Å²) in [7, 11) is 0.978. The van der Waals surface area contributed by atoms with Gasteiger partial charge >= 0.3 is 12.1 Å². The van der Waals surface area contributed by atoms with Crippen molar-refractivity contribution in [1.82, 2.24) is 14.8 Å². The van der Waals surface area contributed by atoms with E-state index in [0.717, 1.165) is 18.0 Å². The molecule has 1 unspecified atom stereocenters. The summed E-state index contributed by atoms with van der Waals surface area (Å²) in [5.74, 6) is 4.79. The molecular formula is C36H55FN4O7SSi. The molecule has 0 bridgehead atoms. The highest BCUT2D eigenvalue weighted by Crippen LogP contribution is 2.37. The van der Waals surface area contributed by atoms with Crippen molar-refractivity contribution in [2.45, 2.75) is 84.2 Å². The van der Waals surface area contributed by atoms with E-state index in [1.807, 2.05) is 0 Å². The Kier molecular flexibility index (Phi) is 15.1. The van der Waals surface area contributed by atoms with E-state index >= 15 is 0 Å². The van der Waals surface area contributed by atoms with E-state index in [-0.39, 0.29) is 35.7 Å². The predicted molar refractivity (Wildman–Crippen MR) is 197 cm³/mol. The van der Waals surface area contributed by atoms with Gasteiger partial charge in [0.25, 0.3) is 0 Å². The Morgan fingerprint density at radius 3 is 2.50 bits per heavy atom. The van der Waals surface area contributed by atoms with Gasteiger partial charge in [0.15, 0.2) is 30.7 Å². The molecule has 0 aliphatic carbocycles. The number of ether oxygens (including phenoxy) is 4. The predicted octanol–water partition coefficient (Wildman–Crippen LogP) is 6.43. The monoisotopic (exact) mass is 734 g/mol. The number of anilines is 1. The summed E-state index contributed by atoms with van der Waals surface area (Å²) in [5, 5.41) is 4.19. The second kappa shape index (κ2) is 18.3. The molecule has 1 fully saturated rings. The van der Waals surface area contributed by atoms with E-state index in [2.05, 4.69) is 60.9 Å². The molecular weight excluding hydrogens is 680 g/mol. The number of methoxy groups -OCH3 is 1. The lowest BCUT2D eigenvalue weighted by Gasteiger charge is -2.40. The molecule has 278 valence electrons. The number of aryl methyl sites for hydroxylation is 1. The Balaban J connectivity index is 1.57. The number of nitrogens with one attached hydrogen (secondary N) is 1. The van der Waals surface area contributed by atoms with Gasteiger partial charge in [0, 0.05) is 43.2 Å². The molecule has 11 nitrogen and oxygen atoms in total. The first-order chi connectivity index (χ1) is 23.4. The van der Waals surface area contributed by atoms with E-state index in [1.54, 1.807) is 33.9 Å². The van der Waals surface area contributed by atoms with Gasteiger partial charge in [0.2, 0.25) is 0 Å². The largest absolute Gasteiger partial charge is 0.491 e. The maximum atomic E-state index is 14.8. The normalized spacial score (nSPS) is 14.7. The first-order valence-electron chi connectivity index (χ1n) is 17.0. The minimum atomic E-state index is -1.95. The van der Waals surface area contributed by atoms with Crippen LogP contribution in [0.1, 0.15) is 68.9 Å². The third kappa shape index (κ3) is 12.8. The Bertz CT molecular complexity index is 1490. The van der Waals surface area contributed by atoms with Crippen molar-refractivity contribution in [1.29, 1.82) is 0 Å². The molecule has 1 amide bonds. The summed E-state index contributed by atoms with van der Waals surface area (Å²) in [4.78, 5) is 33.8. The Morgan fingerprint density at radius 1 is 1.18 bits per heavy atom. The number of hydrogen-bond donors (Lipinski definition) is 1. The van der Waals surface area contributed by atoms with Crippen molar-refractivity contribution in [3.8, 4) is 17.6 Å². The van der Waals surface area contributed by atoms with Gasteiger partial charge in [-0.15, -0.1) is 11.3 Å². The van der Waals surface area contributed by atoms with Crippen molar-refractivity contribution >= 4 is 36.8 Å². The van der Waals surface area contributed by atoms with Gasteiger partial charge in [-0.05, 0) is 69.9 Å². The van der Waals surface area contributed by atoms with Gasteiger partial charge in [-0.3, -0.25) is 4.90 Å². The number of morpholine rings is 1. The molecule has 50 heavy (non-hydrogen) atoms. The minimum absolute atomic E-state index is 0.103. The van der Waals surface area contributed by atoms with Crippen LogP contribution in [-0.2, 0) is 25.1 Å². The van der Waals surface area contributed by atoms with Crippen LogP contribution in [0.3, 0.4) is 0 Å². The molecule has 3 rings (SSSR count). The van der Waals surface area contributed by atoms with Crippen LogP contribution in [0.4, 0.5) is 14.3 Å². The summed E-state index contributed by atoms with van der Waals surface area (Å²) >= 11 is 1.41. The summed E-state index contributed by atoms with van der Waals surface area (Å²) in [6.45, 7) is 21.2. The van der Waals surface area contributed by atoms with Crippen LogP contribution in [0.25, 0.3) is 0 Å². The van der Waals surface area contributed by atoms with E-state index in [4.69, 9.17) is 23.4 Å². The minimum Gasteiger partial charge on any atom is -0.491 e. The molecule has 1 aromatic carbocycles. The molecule has 1 aliphatic heterocycles. The molecule has 1 aliphatic rings. The number of rotatable bonds is 14. The fourth-order valence-electron chi connectivity index (χ4n) is 4.59. The Hall–Kier alpha value is -3.22. The first-order valence-corrected chi connectivity index (χ1v) is 20.8. The summed E-state index contributed by atoms with van der Waals surface area (Å²) in [6, 6.07) is 4.61. The van der Waals surface area contributed by atoms with Crippen LogP contribution < -0.4 is 10.1 Å². The molecule has 1 saturated heterocycles. The molecule has 1 aromatic heterocycles. The lowest BCUT2D eigenvalue weighted by atomic mass is 10.2. The highest BCUT2D eigenvalue weighted by molar-refractivity contribution is 7.15. The summed E-state index contributed by atoms with van der Waals surface area (Å²) < 4.78 is 43.1. The van der Waals surface area contributed by atoms with Gasteiger partial charge < -0.3 is 33.6 Å². The number of benzene rings is 1. The number of hydrogen-bond acceptors (Lipinski definition) is 11. The second-order valence-corrected chi connectivity index (χ2v) is 20.7. The number of thiazole rings is 1. The quantitative estimate of drug-likeness (QED) is 0.101. The van der Waals surface area contributed by atoms with Crippen molar-refractivity contribution in [2.75, 3.05) is 72.1 Å². The smallest absolute Gasteiger partial charge is 0.410 e. The van der Waals surface area contributed by atoms with Gasteiger partial charge in [-0.2, -0.15) is 0 Å². The fourth-order valence-corrected chi connectivity index (χ4v) is 6.63.